The minimum Gasteiger partial charge on any atom is -0.348 e. The van der Waals surface area contributed by atoms with Gasteiger partial charge in [0.25, 0.3) is 0 Å². The molecule has 1 aliphatic heterocycles. The van der Waals surface area contributed by atoms with Gasteiger partial charge in [-0.1, -0.05) is 13.8 Å². The van der Waals surface area contributed by atoms with Gasteiger partial charge in [-0.25, -0.2) is 0 Å². The fraction of sp³-hybridized carbons (Fsp3) is 1.00. The van der Waals surface area contributed by atoms with Crippen LogP contribution in [0.5, 0.6) is 0 Å². The van der Waals surface area contributed by atoms with Crippen LogP contribution in [0.2, 0.25) is 0 Å². The average molecular weight is 217 g/mol. The number of ether oxygens (including phenoxy) is 2. The van der Waals surface area contributed by atoms with E-state index in [2.05, 4.69) is 0 Å². The van der Waals surface area contributed by atoms with E-state index in [1.807, 2.05) is 27.7 Å². The monoisotopic (exact) mass is 217 g/mol. The normalized spacial score (nSPS) is 26.9. The molecule has 0 amide bonds. The zero-order chi connectivity index (χ0) is 11.6. The lowest BCUT2D eigenvalue weighted by molar-refractivity contribution is -0.492. The Kier molecular flexibility index (Phi) is 3.67. The van der Waals surface area contributed by atoms with Crippen LogP contribution in [0, 0.1) is 22.0 Å². The van der Waals surface area contributed by atoms with Crippen molar-refractivity contribution in [3.63, 3.8) is 0 Å². The maximum atomic E-state index is 10.5. The van der Waals surface area contributed by atoms with Crippen LogP contribution >= 0.6 is 0 Å². The quantitative estimate of drug-likeness (QED) is 0.531. The Hall–Kier alpha value is -0.680. The van der Waals surface area contributed by atoms with Crippen LogP contribution in [-0.2, 0) is 9.47 Å². The minimum atomic E-state index is -0.603. The summed E-state index contributed by atoms with van der Waals surface area (Å²) in [5.74, 6) is -0.464. The van der Waals surface area contributed by atoms with Gasteiger partial charge in [0.1, 0.15) is 0 Å². The second kappa shape index (κ2) is 4.45. The molecule has 1 fully saturated rings. The molecular formula is C10H19NO4. The van der Waals surface area contributed by atoms with E-state index in [-0.39, 0.29) is 29.4 Å². The molecule has 0 spiro atoms. The Morgan fingerprint density at radius 3 is 2.47 bits per heavy atom. The molecule has 1 heterocycles. The van der Waals surface area contributed by atoms with Crippen molar-refractivity contribution in [3.05, 3.63) is 10.1 Å². The summed E-state index contributed by atoms with van der Waals surface area (Å²) in [5, 5.41) is 10.5. The molecule has 0 aromatic heterocycles. The van der Waals surface area contributed by atoms with Gasteiger partial charge in [-0.15, -0.1) is 0 Å². The molecule has 0 radical (unpaired) electrons. The summed E-state index contributed by atoms with van der Waals surface area (Å²) >= 11 is 0. The van der Waals surface area contributed by atoms with E-state index in [0.717, 1.165) is 0 Å². The third-order valence-corrected chi connectivity index (χ3v) is 2.72. The summed E-state index contributed by atoms with van der Waals surface area (Å²) < 4.78 is 11.1. The van der Waals surface area contributed by atoms with Crippen molar-refractivity contribution in [2.45, 2.75) is 39.6 Å². The maximum absolute atomic E-state index is 10.5. The van der Waals surface area contributed by atoms with Crippen molar-refractivity contribution in [3.8, 4) is 0 Å². The van der Waals surface area contributed by atoms with E-state index in [1.165, 1.54) is 0 Å². The molecule has 5 nitrogen and oxygen atoms in total. The molecule has 1 aliphatic rings. The first-order chi connectivity index (χ1) is 6.82. The van der Waals surface area contributed by atoms with Gasteiger partial charge < -0.3 is 9.47 Å². The summed E-state index contributed by atoms with van der Waals surface area (Å²) in [5.41, 5.74) is 0. The lowest BCUT2D eigenvalue weighted by Crippen LogP contribution is -2.34. The van der Waals surface area contributed by atoms with E-state index in [9.17, 15) is 10.1 Å². The predicted molar refractivity (Wildman–Crippen MR) is 55.1 cm³/mol. The van der Waals surface area contributed by atoms with Crippen molar-refractivity contribution >= 4 is 0 Å². The summed E-state index contributed by atoms with van der Waals surface area (Å²) in [6.45, 7) is 8.00. The molecular weight excluding hydrogens is 198 g/mol. The number of hydrogen-bond acceptors (Lipinski definition) is 4. The number of nitro groups is 1. The summed E-state index contributed by atoms with van der Waals surface area (Å²) in [6, 6.07) is 0. The van der Waals surface area contributed by atoms with E-state index in [1.54, 1.807) is 0 Å². The first kappa shape index (κ1) is 12.4. The van der Waals surface area contributed by atoms with Gasteiger partial charge in [0.2, 0.25) is 6.54 Å². The Bertz CT molecular complexity index is 240. The van der Waals surface area contributed by atoms with Gasteiger partial charge in [0.05, 0.1) is 18.6 Å². The Morgan fingerprint density at radius 2 is 2.13 bits per heavy atom. The molecule has 0 aromatic carbocycles. The Labute approximate surface area is 89.9 Å². The number of hydrogen-bond donors (Lipinski definition) is 0. The Balaban J connectivity index is 2.62. The molecule has 1 saturated heterocycles. The lowest BCUT2D eigenvalue weighted by Gasteiger charge is -2.24. The molecule has 1 rings (SSSR count). The van der Waals surface area contributed by atoms with Crippen molar-refractivity contribution in [2.75, 3.05) is 13.2 Å². The molecule has 0 N–H and O–H groups in total. The SMILES string of the molecule is CC(C)[C@@H](C[N+](=O)[O-])[C@H]1COC(C)(C)O1. The van der Waals surface area contributed by atoms with Crippen LogP contribution in [-0.4, -0.2) is 30.0 Å². The smallest absolute Gasteiger partial charge is 0.209 e. The zero-order valence-corrected chi connectivity index (χ0v) is 9.73. The van der Waals surface area contributed by atoms with Gasteiger partial charge in [0, 0.05) is 4.92 Å². The highest BCUT2D eigenvalue weighted by Gasteiger charge is 2.40. The third kappa shape index (κ3) is 3.43. The van der Waals surface area contributed by atoms with Gasteiger partial charge in [0.15, 0.2) is 5.79 Å². The Morgan fingerprint density at radius 1 is 1.53 bits per heavy atom. The number of nitrogens with zero attached hydrogens (tertiary/aromatic N) is 1. The molecule has 88 valence electrons. The molecule has 0 unspecified atom stereocenters. The van der Waals surface area contributed by atoms with Gasteiger partial charge in [-0.05, 0) is 19.8 Å². The zero-order valence-electron chi connectivity index (χ0n) is 9.73. The van der Waals surface area contributed by atoms with Gasteiger partial charge in [-0.2, -0.15) is 0 Å². The summed E-state index contributed by atoms with van der Waals surface area (Å²) in [7, 11) is 0. The van der Waals surface area contributed by atoms with Crippen molar-refractivity contribution in [2.24, 2.45) is 11.8 Å². The van der Waals surface area contributed by atoms with Gasteiger partial charge in [-0.3, -0.25) is 10.1 Å². The second-order valence-corrected chi connectivity index (χ2v) is 4.79. The highest BCUT2D eigenvalue weighted by Crippen LogP contribution is 2.30. The molecule has 5 heteroatoms. The van der Waals surface area contributed by atoms with Crippen molar-refractivity contribution in [1.29, 1.82) is 0 Å². The van der Waals surface area contributed by atoms with Crippen LogP contribution in [0.4, 0.5) is 0 Å². The van der Waals surface area contributed by atoms with Crippen molar-refractivity contribution < 1.29 is 14.4 Å². The van der Waals surface area contributed by atoms with Crippen molar-refractivity contribution in [1.82, 2.24) is 0 Å². The first-order valence-electron chi connectivity index (χ1n) is 5.25. The topological polar surface area (TPSA) is 61.6 Å². The number of rotatable bonds is 4. The summed E-state index contributed by atoms with van der Waals surface area (Å²) in [6.07, 6.45) is -0.162. The maximum Gasteiger partial charge on any atom is 0.209 e. The van der Waals surface area contributed by atoms with Crippen LogP contribution in [0.15, 0.2) is 0 Å². The third-order valence-electron chi connectivity index (χ3n) is 2.72. The first-order valence-corrected chi connectivity index (χ1v) is 5.25. The fourth-order valence-corrected chi connectivity index (χ4v) is 1.86. The lowest BCUT2D eigenvalue weighted by atomic mass is 9.90. The van der Waals surface area contributed by atoms with Crippen LogP contribution in [0.3, 0.4) is 0 Å². The summed E-state index contributed by atoms with van der Waals surface area (Å²) in [4.78, 5) is 10.3. The van der Waals surface area contributed by atoms with Crippen LogP contribution < -0.4 is 0 Å². The van der Waals surface area contributed by atoms with E-state index in [0.29, 0.717) is 6.61 Å². The molecule has 0 aliphatic carbocycles. The largest absolute Gasteiger partial charge is 0.348 e. The van der Waals surface area contributed by atoms with Gasteiger partial charge >= 0.3 is 0 Å². The molecule has 15 heavy (non-hydrogen) atoms. The standard InChI is InChI=1S/C10H19NO4/c1-7(2)8(5-11(12)13)9-6-14-10(3,4)15-9/h7-9H,5-6H2,1-4H3/t8-,9-/m1/s1. The molecule has 0 saturated carbocycles. The second-order valence-electron chi connectivity index (χ2n) is 4.79. The highest BCUT2D eigenvalue weighted by atomic mass is 16.7. The minimum absolute atomic E-state index is 0.0538. The van der Waals surface area contributed by atoms with E-state index >= 15 is 0 Å². The highest BCUT2D eigenvalue weighted by molar-refractivity contribution is 4.79. The average Bonchev–Trinajstić information content (AvgIpc) is 2.41. The van der Waals surface area contributed by atoms with Crippen LogP contribution in [0.1, 0.15) is 27.7 Å². The molecule has 0 bridgehead atoms. The molecule has 2 atom stereocenters. The predicted octanol–water partition coefficient (Wildman–Crippen LogP) is 1.69. The van der Waals surface area contributed by atoms with E-state index < -0.39 is 5.79 Å². The fourth-order valence-electron chi connectivity index (χ4n) is 1.86. The van der Waals surface area contributed by atoms with Crippen LogP contribution in [0.25, 0.3) is 0 Å². The molecule has 0 aromatic rings. The van der Waals surface area contributed by atoms with E-state index in [4.69, 9.17) is 9.47 Å².